The number of halogens is 1. The van der Waals surface area contributed by atoms with Gasteiger partial charge in [0.1, 0.15) is 0 Å². The van der Waals surface area contributed by atoms with Crippen molar-refractivity contribution in [1.29, 1.82) is 0 Å². The first-order chi connectivity index (χ1) is 10.7. The molecule has 2 aliphatic heterocycles. The Bertz CT molecular complexity index is 481. The number of hydrogen-bond donors (Lipinski definition) is 1. The van der Waals surface area contributed by atoms with Gasteiger partial charge in [-0.2, -0.15) is 0 Å². The van der Waals surface area contributed by atoms with Crippen LogP contribution in [0.4, 0.5) is 0 Å². The van der Waals surface area contributed by atoms with Crippen molar-refractivity contribution in [1.82, 2.24) is 10.2 Å². The van der Waals surface area contributed by atoms with Crippen LogP contribution in [0.1, 0.15) is 44.6 Å². The van der Waals surface area contributed by atoms with Gasteiger partial charge in [-0.15, -0.1) is 12.4 Å². The summed E-state index contributed by atoms with van der Waals surface area (Å²) in [6.07, 6.45) is 6.70. The summed E-state index contributed by atoms with van der Waals surface area (Å²) in [6, 6.07) is 11.8. The molecule has 23 heavy (non-hydrogen) atoms. The lowest BCUT2D eigenvalue weighted by molar-refractivity contribution is -0.132. The molecule has 4 heteroatoms. The highest BCUT2D eigenvalue weighted by Gasteiger charge is 2.34. The van der Waals surface area contributed by atoms with Crippen molar-refractivity contribution in [2.24, 2.45) is 5.92 Å². The topological polar surface area (TPSA) is 32.3 Å². The third kappa shape index (κ3) is 4.95. The van der Waals surface area contributed by atoms with E-state index in [0.29, 0.717) is 23.9 Å². The summed E-state index contributed by atoms with van der Waals surface area (Å²) in [4.78, 5) is 14.6. The number of carbonyl (C=O) groups excluding carboxylic acids is 1. The summed E-state index contributed by atoms with van der Waals surface area (Å²) in [7, 11) is 0. The molecule has 2 heterocycles. The molecular weight excluding hydrogens is 308 g/mol. The lowest BCUT2D eigenvalue weighted by Gasteiger charge is -2.30. The average Bonchev–Trinajstić information content (AvgIpc) is 2.88. The molecule has 0 aromatic heterocycles. The lowest BCUT2D eigenvalue weighted by Crippen LogP contribution is -2.40. The van der Waals surface area contributed by atoms with E-state index in [4.69, 9.17) is 0 Å². The number of benzene rings is 1. The van der Waals surface area contributed by atoms with Gasteiger partial charge in [0.05, 0.1) is 0 Å². The molecule has 3 nitrogen and oxygen atoms in total. The van der Waals surface area contributed by atoms with Gasteiger partial charge in [0, 0.05) is 31.6 Å². The summed E-state index contributed by atoms with van der Waals surface area (Å²) in [5, 5.41) is 3.66. The van der Waals surface area contributed by atoms with Crippen LogP contribution in [0.2, 0.25) is 0 Å². The normalized spacial score (nSPS) is 25.7. The second-order valence-corrected chi connectivity index (χ2v) is 6.89. The average molecular weight is 337 g/mol. The van der Waals surface area contributed by atoms with E-state index in [-0.39, 0.29) is 12.4 Å². The van der Waals surface area contributed by atoms with E-state index in [1.54, 1.807) is 0 Å². The monoisotopic (exact) mass is 336 g/mol. The summed E-state index contributed by atoms with van der Waals surface area (Å²) in [6.45, 7) is 3.76. The summed E-state index contributed by atoms with van der Waals surface area (Å²) < 4.78 is 0. The summed E-state index contributed by atoms with van der Waals surface area (Å²) in [5.41, 5.74) is 1.31. The molecule has 0 spiro atoms. The SMILES string of the molecule is CCN(CCc1ccccc1)C(=O)CC1CC2CCC(C1)N2.Cl. The van der Waals surface area contributed by atoms with Gasteiger partial charge in [-0.05, 0) is 50.5 Å². The standard InChI is InChI=1S/C19H28N2O.ClH/c1-2-21(11-10-15-6-4-3-5-7-15)19(22)14-16-12-17-8-9-18(13-16)20-17;/h3-7,16-18,20H,2,8-14H2,1H3;1H. The van der Waals surface area contributed by atoms with Crippen molar-refractivity contribution in [2.45, 2.75) is 57.5 Å². The molecule has 2 fully saturated rings. The zero-order valence-electron chi connectivity index (χ0n) is 14.0. The number of rotatable bonds is 6. The van der Waals surface area contributed by atoms with E-state index in [2.05, 4.69) is 36.5 Å². The molecule has 128 valence electrons. The second-order valence-electron chi connectivity index (χ2n) is 6.89. The van der Waals surface area contributed by atoms with Gasteiger partial charge < -0.3 is 10.2 Å². The fourth-order valence-electron chi connectivity index (χ4n) is 4.09. The van der Waals surface area contributed by atoms with Crippen molar-refractivity contribution in [3.63, 3.8) is 0 Å². The molecule has 1 N–H and O–H groups in total. The molecule has 1 aromatic carbocycles. The molecule has 2 aliphatic rings. The molecular formula is C19H29ClN2O. The van der Waals surface area contributed by atoms with Gasteiger partial charge in [0.2, 0.25) is 5.91 Å². The fourth-order valence-corrected chi connectivity index (χ4v) is 4.09. The summed E-state index contributed by atoms with van der Waals surface area (Å²) in [5.74, 6) is 0.946. The zero-order chi connectivity index (χ0) is 15.4. The maximum absolute atomic E-state index is 12.6. The van der Waals surface area contributed by atoms with E-state index in [0.717, 1.165) is 25.9 Å². The van der Waals surface area contributed by atoms with Gasteiger partial charge >= 0.3 is 0 Å². The Morgan fingerprint density at radius 2 is 1.83 bits per heavy atom. The van der Waals surface area contributed by atoms with Crippen LogP contribution in [0.3, 0.4) is 0 Å². The minimum Gasteiger partial charge on any atom is -0.343 e. The molecule has 2 bridgehead atoms. The van der Waals surface area contributed by atoms with Crippen LogP contribution in [0.15, 0.2) is 30.3 Å². The van der Waals surface area contributed by atoms with E-state index in [9.17, 15) is 4.79 Å². The third-order valence-electron chi connectivity index (χ3n) is 5.28. The molecule has 0 saturated carbocycles. The largest absolute Gasteiger partial charge is 0.343 e. The number of amides is 1. The van der Waals surface area contributed by atoms with Crippen LogP contribution in [-0.4, -0.2) is 36.0 Å². The first kappa shape index (κ1) is 18.3. The molecule has 2 saturated heterocycles. The highest BCUT2D eigenvalue weighted by atomic mass is 35.5. The Kier molecular flexibility index (Phi) is 6.91. The summed E-state index contributed by atoms with van der Waals surface area (Å²) >= 11 is 0. The lowest BCUT2D eigenvalue weighted by atomic mass is 9.89. The van der Waals surface area contributed by atoms with Gasteiger partial charge in [0.25, 0.3) is 0 Å². The Morgan fingerprint density at radius 1 is 1.17 bits per heavy atom. The van der Waals surface area contributed by atoms with Crippen molar-refractivity contribution in [3.8, 4) is 0 Å². The van der Waals surface area contributed by atoms with Gasteiger partial charge in [0.15, 0.2) is 0 Å². The number of likely N-dealkylation sites (N-methyl/N-ethyl adjacent to an activating group) is 1. The first-order valence-electron chi connectivity index (χ1n) is 8.82. The van der Waals surface area contributed by atoms with Crippen LogP contribution in [0.25, 0.3) is 0 Å². The van der Waals surface area contributed by atoms with Crippen LogP contribution in [0, 0.1) is 5.92 Å². The van der Waals surface area contributed by atoms with E-state index in [1.807, 2.05) is 11.0 Å². The van der Waals surface area contributed by atoms with Crippen molar-refractivity contribution < 1.29 is 4.79 Å². The molecule has 2 atom stereocenters. The maximum Gasteiger partial charge on any atom is 0.222 e. The quantitative estimate of drug-likeness (QED) is 0.863. The Labute approximate surface area is 146 Å². The maximum atomic E-state index is 12.6. The molecule has 1 aromatic rings. The molecule has 0 radical (unpaired) electrons. The van der Waals surface area contributed by atoms with Crippen LogP contribution in [-0.2, 0) is 11.2 Å². The van der Waals surface area contributed by atoms with Gasteiger partial charge in [-0.3, -0.25) is 4.79 Å². The van der Waals surface area contributed by atoms with Crippen molar-refractivity contribution in [2.75, 3.05) is 13.1 Å². The fraction of sp³-hybridized carbons (Fsp3) is 0.632. The number of nitrogens with one attached hydrogen (secondary N) is 1. The van der Waals surface area contributed by atoms with Crippen LogP contribution >= 0.6 is 12.4 Å². The molecule has 1 amide bonds. The Balaban J connectivity index is 0.00000192. The van der Waals surface area contributed by atoms with E-state index < -0.39 is 0 Å². The number of nitrogens with zero attached hydrogens (tertiary/aromatic N) is 1. The molecule has 0 aliphatic carbocycles. The highest BCUT2D eigenvalue weighted by molar-refractivity contribution is 5.85. The number of fused-ring (bicyclic) bond motifs is 2. The number of hydrogen-bond acceptors (Lipinski definition) is 2. The van der Waals surface area contributed by atoms with Gasteiger partial charge in [-0.1, -0.05) is 30.3 Å². The van der Waals surface area contributed by atoms with Crippen LogP contribution in [0.5, 0.6) is 0 Å². The molecule has 2 unspecified atom stereocenters. The third-order valence-corrected chi connectivity index (χ3v) is 5.28. The van der Waals surface area contributed by atoms with Crippen molar-refractivity contribution >= 4 is 18.3 Å². The van der Waals surface area contributed by atoms with E-state index in [1.165, 1.54) is 31.2 Å². The Hall–Kier alpha value is -1.06. The predicted molar refractivity (Wildman–Crippen MR) is 96.9 cm³/mol. The van der Waals surface area contributed by atoms with E-state index >= 15 is 0 Å². The Morgan fingerprint density at radius 3 is 2.43 bits per heavy atom. The minimum absolute atomic E-state index is 0. The van der Waals surface area contributed by atoms with Crippen LogP contribution < -0.4 is 5.32 Å². The smallest absolute Gasteiger partial charge is 0.222 e. The van der Waals surface area contributed by atoms with Crippen molar-refractivity contribution in [3.05, 3.63) is 35.9 Å². The predicted octanol–water partition coefficient (Wildman–Crippen LogP) is 3.42. The number of carbonyl (C=O) groups is 1. The second kappa shape index (κ2) is 8.70. The number of piperidine rings is 1. The highest BCUT2D eigenvalue weighted by Crippen LogP contribution is 2.32. The van der Waals surface area contributed by atoms with Gasteiger partial charge in [-0.25, -0.2) is 0 Å². The molecule has 3 rings (SSSR count). The minimum atomic E-state index is 0. The first-order valence-corrected chi connectivity index (χ1v) is 8.82. The zero-order valence-corrected chi connectivity index (χ0v) is 14.9.